The predicted molar refractivity (Wildman–Crippen MR) is 111 cm³/mol. The van der Waals surface area contributed by atoms with Gasteiger partial charge in [0.1, 0.15) is 35.9 Å². The van der Waals surface area contributed by atoms with Gasteiger partial charge in [-0.3, -0.25) is 4.79 Å². The lowest BCUT2D eigenvalue weighted by Crippen LogP contribution is -2.65. The quantitative estimate of drug-likeness (QED) is 0.405. The van der Waals surface area contributed by atoms with Crippen molar-refractivity contribution in [1.29, 1.82) is 0 Å². The molecule has 0 bridgehead atoms. The number of amides is 1. The second-order valence-electron chi connectivity index (χ2n) is 7.27. The molecule has 5 unspecified atom stereocenters. The molecule has 1 saturated heterocycles. The van der Waals surface area contributed by atoms with Crippen molar-refractivity contribution in [3.8, 4) is 22.6 Å². The lowest BCUT2D eigenvalue weighted by Gasteiger charge is -2.42. The van der Waals surface area contributed by atoms with Crippen molar-refractivity contribution >= 4 is 11.9 Å². The molecule has 0 saturated carbocycles. The lowest BCUT2D eigenvalue weighted by molar-refractivity contribution is -0.244. The zero-order chi connectivity index (χ0) is 23.4. The molecule has 10 heteroatoms. The third-order valence-electron chi connectivity index (χ3n) is 5.12. The average Bonchev–Trinajstić information content (AvgIpc) is 2.78. The van der Waals surface area contributed by atoms with Crippen LogP contribution in [0.3, 0.4) is 0 Å². The summed E-state index contributed by atoms with van der Waals surface area (Å²) in [5.74, 6) is -0.951. The van der Waals surface area contributed by atoms with Gasteiger partial charge in [0.05, 0.1) is 19.3 Å². The van der Waals surface area contributed by atoms with Gasteiger partial charge in [-0.1, -0.05) is 18.2 Å². The molecular weight excluding hydrogens is 422 g/mol. The van der Waals surface area contributed by atoms with Crippen LogP contribution < -0.4 is 14.8 Å². The molecular formula is C22H25NO9. The summed E-state index contributed by atoms with van der Waals surface area (Å²) >= 11 is 0. The number of methoxy groups -OCH3 is 1. The highest BCUT2D eigenvalue weighted by molar-refractivity contribution is 5.91. The van der Waals surface area contributed by atoms with Crippen LogP contribution in [-0.4, -0.2) is 76.7 Å². The highest BCUT2D eigenvalue weighted by atomic mass is 16.7. The highest BCUT2D eigenvalue weighted by Crippen LogP contribution is 2.38. The number of nitrogens with one attached hydrogen (secondary N) is 1. The Morgan fingerprint density at radius 3 is 2.41 bits per heavy atom. The van der Waals surface area contributed by atoms with Gasteiger partial charge in [0.2, 0.25) is 12.2 Å². The first kappa shape index (κ1) is 23.5. The van der Waals surface area contributed by atoms with E-state index in [0.29, 0.717) is 16.9 Å². The van der Waals surface area contributed by atoms with Crippen LogP contribution in [0, 0.1) is 0 Å². The van der Waals surface area contributed by atoms with Crippen LogP contribution in [-0.2, 0) is 9.53 Å². The smallest absolute Gasteiger partial charge is 0.335 e. The number of aliphatic hydroxyl groups excluding tert-OH is 3. The number of ether oxygens (including phenoxy) is 3. The number of carbonyl (C=O) groups excluding carboxylic acids is 1. The summed E-state index contributed by atoms with van der Waals surface area (Å²) in [5, 5.41) is 42.0. The van der Waals surface area contributed by atoms with E-state index in [1.807, 2.05) is 0 Å². The van der Waals surface area contributed by atoms with Crippen LogP contribution in [0.2, 0.25) is 0 Å². The molecule has 0 aliphatic carbocycles. The van der Waals surface area contributed by atoms with Gasteiger partial charge in [-0.15, -0.1) is 0 Å². The van der Waals surface area contributed by atoms with Crippen molar-refractivity contribution in [3.63, 3.8) is 0 Å². The lowest BCUT2D eigenvalue weighted by atomic mass is 9.96. The van der Waals surface area contributed by atoms with Gasteiger partial charge >= 0.3 is 5.97 Å². The Bertz CT molecular complexity index is 980. The van der Waals surface area contributed by atoms with E-state index in [9.17, 15) is 30.0 Å². The fraction of sp³-hybridized carbons (Fsp3) is 0.364. The zero-order valence-electron chi connectivity index (χ0n) is 17.5. The molecule has 0 spiro atoms. The normalized spacial score (nSPS) is 25.1. The summed E-state index contributed by atoms with van der Waals surface area (Å²) in [5.41, 5.74) is 0.951. The van der Waals surface area contributed by atoms with Crippen molar-refractivity contribution < 1.29 is 44.2 Å². The van der Waals surface area contributed by atoms with Crippen LogP contribution in [0.4, 0.5) is 0 Å². The van der Waals surface area contributed by atoms with E-state index in [-0.39, 0.29) is 11.3 Å². The maximum atomic E-state index is 11.7. The Morgan fingerprint density at radius 2 is 1.78 bits per heavy atom. The van der Waals surface area contributed by atoms with Gasteiger partial charge in [-0.25, -0.2) is 4.79 Å². The van der Waals surface area contributed by atoms with Crippen LogP contribution in [0.5, 0.6) is 11.5 Å². The van der Waals surface area contributed by atoms with E-state index in [1.54, 1.807) is 24.3 Å². The van der Waals surface area contributed by atoms with Crippen LogP contribution >= 0.6 is 0 Å². The van der Waals surface area contributed by atoms with Crippen LogP contribution in [0.1, 0.15) is 17.3 Å². The van der Waals surface area contributed by atoms with Gasteiger partial charge in [0, 0.05) is 18.1 Å². The van der Waals surface area contributed by atoms with Gasteiger partial charge in [-0.05, 0) is 24.3 Å². The first-order valence-electron chi connectivity index (χ1n) is 9.83. The Labute approximate surface area is 184 Å². The van der Waals surface area contributed by atoms with E-state index in [1.165, 1.54) is 32.2 Å². The largest absolute Gasteiger partial charge is 0.496 e. The van der Waals surface area contributed by atoms with Gasteiger partial charge < -0.3 is 40.0 Å². The molecule has 1 aliphatic rings. The number of hydrogen-bond acceptors (Lipinski definition) is 8. The minimum Gasteiger partial charge on any atom is -0.496 e. The van der Waals surface area contributed by atoms with E-state index in [2.05, 4.69) is 5.32 Å². The standard InChI is InChI=1S/C22H25NO9/c1-11(25)23-18-20(27)19(26)17(10-24)32-22(18)31-16-6-4-3-5-13(16)14-9-12(21(28)29)7-8-15(14)30-2/h3-9,17-20,22,24,26-27H,10H2,1-2H3,(H,23,25)(H,28,29). The fourth-order valence-electron chi connectivity index (χ4n) is 3.54. The number of carboxylic acids is 1. The zero-order valence-corrected chi connectivity index (χ0v) is 17.5. The molecule has 2 aromatic rings. The maximum absolute atomic E-state index is 11.7. The highest BCUT2D eigenvalue weighted by Gasteiger charge is 2.46. The summed E-state index contributed by atoms with van der Waals surface area (Å²) in [6.45, 7) is 0.658. The first-order chi connectivity index (χ1) is 15.3. The second kappa shape index (κ2) is 9.96. The topological polar surface area (TPSA) is 155 Å². The molecule has 1 amide bonds. The third-order valence-corrected chi connectivity index (χ3v) is 5.12. The van der Waals surface area contributed by atoms with E-state index in [4.69, 9.17) is 14.2 Å². The molecule has 5 N–H and O–H groups in total. The monoisotopic (exact) mass is 447 g/mol. The summed E-state index contributed by atoms with van der Waals surface area (Å²) < 4.78 is 17.0. The van der Waals surface area contributed by atoms with Gasteiger partial charge in [-0.2, -0.15) is 0 Å². The Morgan fingerprint density at radius 1 is 1.06 bits per heavy atom. The fourth-order valence-corrected chi connectivity index (χ4v) is 3.54. The number of carboxylic acid groups (broad SMARTS) is 1. The molecule has 5 atom stereocenters. The van der Waals surface area contributed by atoms with Crippen molar-refractivity contribution in [2.24, 2.45) is 0 Å². The summed E-state index contributed by atoms with van der Waals surface area (Å²) in [6.07, 6.45) is -5.31. The third kappa shape index (κ3) is 4.83. The Kier molecular flexibility index (Phi) is 7.31. The number of carbonyl (C=O) groups is 2. The minimum absolute atomic E-state index is 0.0412. The first-order valence-corrected chi connectivity index (χ1v) is 9.83. The molecule has 32 heavy (non-hydrogen) atoms. The number of rotatable bonds is 7. The molecule has 3 rings (SSSR count). The molecule has 172 valence electrons. The summed E-state index contributed by atoms with van der Waals surface area (Å²) in [7, 11) is 1.45. The summed E-state index contributed by atoms with van der Waals surface area (Å²) in [6, 6.07) is 9.92. The molecule has 10 nitrogen and oxygen atoms in total. The van der Waals surface area contributed by atoms with Gasteiger partial charge in [0.15, 0.2) is 0 Å². The van der Waals surface area contributed by atoms with Crippen molar-refractivity contribution in [3.05, 3.63) is 48.0 Å². The molecule has 1 heterocycles. The second-order valence-corrected chi connectivity index (χ2v) is 7.27. The number of benzene rings is 2. The molecule has 0 radical (unpaired) electrons. The Balaban J connectivity index is 2.02. The number of para-hydroxylation sites is 1. The van der Waals surface area contributed by atoms with E-state index >= 15 is 0 Å². The van der Waals surface area contributed by atoms with Crippen molar-refractivity contribution in [2.45, 2.75) is 37.6 Å². The average molecular weight is 447 g/mol. The maximum Gasteiger partial charge on any atom is 0.335 e. The van der Waals surface area contributed by atoms with Crippen molar-refractivity contribution in [2.75, 3.05) is 13.7 Å². The molecule has 1 aliphatic heterocycles. The number of hydrogen-bond donors (Lipinski definition) is 5. The van der Waals surface area contributed by atoms with Crippen molar-refractivity contribution in [1.82, 2.24) is 5.32 Å². The Hall–Kier alpha value is -3.18. The van der Waals surface area contributed by atoms with Gasteiger partial charge in [0.25, 0.3) is 0 Å². The van der Waals surface area contributed by atoms with Crippen LogP contribution in [0.15, 0.2) is 42.5 Å². The van der Waals surface area contributed by atoms with E-state index in [0.717, 1.165) is 0 Å². The molecule has 2 aromatic carbocycles. The summed E-state index contributed by atoms with van der Waals surface area (Å²) in [4.78, 5) is 23.1. The molecule has 1 fully saturated rings. The van der Waals surface area contributed by atoms with E-state index < -0.39 is 49.1 Å². The van der Waals surface area contributed by atoms with Crippen LogP contribution in [0.25, 0.3) is 11.1 Å². The number of aliphatic hydroxyl groups is 3. The predicted octanol–water partition coefficient (Wildman–Crippen LogP) is 0.383. The SMILES string of the molecule is COc1ccc(C(=O)O)cc1-c1ccccc1OC1OC(CO)C(O)C(O)C1NC(C)=O. The minimum atomic E-state index is -1.47. The molecule has 0 aromatic heterocycles. The number of aromatic carboxylic acids is 1.